The summed E-state index contributed by atoms with van der Waals surface area (Å²) in [5.74, 6) is 0.473. The first-order valence-electron chi connectivity index (χ1n) is 7.40. The van der Waals surface area contributed by atoms with Gasteiger partial charge in [-0.25, -0.2) is 0 Å². The minimum absolute atomic E-state index is 0.187. The molecule has 0 unspecified atom stereocenters. The Morgan fingerprint density at radius 2 is 1.71 bits per heavy atom. The van der Waals surface area contributed by atoms with Gasteiger partial charge in [-0.05, 0) is 16.7 Å². The van der Waals surface area contributed by atoms with E-state index in [-0.39, 0.29) is 11.7 Å². The lowest BCUT2D eigenvalue weighted by Gasteiger charge is -2.30. The average molecular weight is 275 g/mol. The van der Waals surface area contributed by atoms with E-state index >= 15 is 0 Å². The molecule has 0 bridgehead atoms. The maximum absolute atomic E-state index is 12.5. The number of carbonyl (C=O) groups is 1. The van der Waals surface area contributed by atoms with Gasteiger partial charge in [-0.3, -0.25) is 4.79 Å². The lowest BCUT2D eigenvalue weighted by molar-refractivity contribution is -0.114. The Morgan fingerprint density at radius 3 is 2.52 bits per heavy atom. The van der Waals surface area contributed by atoms with Crippen molar-refractivity contribution in [2.75, 3.05) is 13.6 Å². The van der Waals surface area contributed by atoms with Gasteiger partial charge in [0.05, 0.1) is 5.92 Å². The SMILES string of the molecule is CN1CCC(=O)C2=C1[C@H](c1ccccc1)c1ccccc12. The summed E-state index contributed by atoms with van der Waals surface area (Å²) in [5, 5.41) is 0. The molecule has 1 aliphatic carbocycles. The zero-order valence-electron chi connectivity index (χ0n) is 12.0. The van der Waals surface area contributed by atoms with Gasteiger partial charge in [0.25, 0.3) is 0 Å². The van der Waals surface area contributed by atoms with E-state index in [1.807, 2.05) is 12.1 Å². The molecule has 2 aliphatic rings. The van der Waals surface area contributed by atoms with Gasteiger partial charge in [0.1, 0.15) is 0 Å². The van der Waals surface area contributed by atoms with Gasteiger partial charge in [-0.2, -0.15) is 0 Å². The van der Waals surface area contributed by atoms with Crippen LogP contribution >= 0.6 is 0 Å². The van der Waals surface area contributed by atoms with Crippen molar-refractivity contribution in [2.24, 2.45) is 0 Å². The molecule has 2 aromatic carbocycles. The molecule has 0 amide bonds. The number of likely N-dealkylation sites (N-methyl/N-ethyl adjacent to an activating group) is 1. The molecule has 2 heteroatoms. The van der Waals surface area contributed by atoms with Crippen LogP contribution in [0.15, 0.2) is 60.3 Å². The van der Waals surface area contributed by atoms with Crippen molar-refractivity contribution in [1.82, 2.24) is 4.90 Å². The first kappa shape index (κ1) is 12.4. The van der Waals surface area contributed by atoms with Crippen LogP contribution in [-0.4, -0.2) is 24.3 Å². The summed E-state index contributed by atoms with van der Waals surface area (Å²) < 4.78 is 0. The van der Waals surface area contributed by atoms with Crippen molar-refractivity contribution >= 4 is 11.4 Å². The van der Waals surface area contributed by atoms with Crippen LogP contribution < -0.4 is 0 Å². The van der Waals surface area contributed by atoms with E-state index in [4.69, 9.17) is 0 Å². The number of carbonyl (C=O) groups excluding carboxylic acids is 1. The van der Waals surface area contributed by atoms with Gasteiger partial charge in [0.2, 0.25) is 0 Å². The molecular weight excluding hydrogens is 258 g/mol. The quantitative estimate of drug-likeness (QED) is 0.794. The van der Waals surface area contributed by atoms with Crippen LogP contribution in [0.1, 0.15) is 29.0 Å². The van der Waals surface area contributed by atoms with E-state index in [0.29, 0.717) is 6.42 Å². The highest BCUT2D eigenvalue weighted by atomic mass is 16.1. The molecule has 0 aromatic heterocycles. The lowest BCUT2D eigenvalue weighted by atomic mass is 9.90. The van der Waals surface area contributed by atoms with Gasteiger partial charge in [-0.1, -0.05) is 54.6 Å². The summed E-state index contributed by atoms with van der Waals surface area (Å²) >= 11 is 0. The van der Waals surface area contributed by atoms with Gasteiger partial charge in [0, 0.05) is 31.3 Å². The highest BCUT2D eigenvalue weighted by molar-refractivity contribution is 6.24. The standard InChI is InChI=1S/C19H17NO/c1-20-12-11-16(21)18-15-10-6-5-9-14(15)17(19(18)20)13-7-3-2-4-8-13/h2-10,17H,11-12H2,1H3/t17-/m1/s1. The van der Waals surface area contributed by atoms with E-state index in [1.165, 1.54) is 16.8 Å². The molecule has 104 valence electrons. The smallest absolute Gasteiger partial charge is 0.167 e. The topological polar surface area (TPSA) is 20.3 Å². The Bertz CT molecular complexity index is 745. The maximum atomic E-state index is 12.5. The molecule has 0 radical (unpaired) electrons. The monoisotopic (exact) mass is 275 g/mol. The van der Waals surface area contributed by atoms with Crippen molar-refractivity contribution in [3.05, 3.63) is 77.0 Å². The van der Waals surface area contributed by atoms with E-state index in [9.17, 15) is 4.79 Å². The predicted octanol–water partition coefficient (Wildman–Crippen LogP) is 3.45. The van der Waals surface area contributed by atoms with Crippen LogP contribution in [0.2, 0.25) is 0 Å². The van der Waals surface area contributed by atoms with Crippen molar-refractivity contribution in [3.63, 3.8) is 0 Å². The van der Waals surface area contributed by atoms with E-state index in [0.717, 1.165) is 17.7 Å². The molecule has 1 atom stereocenters. The maximum Gasteiger partial charge on any atom is 0.167 e. The molecule has 2 aromatic rings. The highest BCUT2D eigenvalue weighted by Gasteiger charge is 2.39. The molecule has 0 N–H and O–H groups in total. The van der Waals surface area contributed by atoms with Crippen molar-refractivity contribution < 1.29 is 4.79 Å². The van der Waals surface area contributed by atoms with Gasteiger partial charge in [-0.15, -0.1) is 0 Å². The van der Waals surface area contributed by atoms with Crippen LogP contribution in [-0.2, 0) is 4.79 Å². The Morgan fingerprint density at radius 1 is 1.00 bits per heavy atom. The summed E-state index contributed by atoms with van der Waals surface area (Å²) in [5.41, 5.74) is 5.76. The molecule has 1 aliphatic heterocycles. The van der Waals surface area contributed by atoms with E-state index in [1.54, 1.807) is 0 Å². The first-order valence-corrected chi connectivity index (χ1v) is 7.40. The number of allylic oxidation sites excluding steroid dienone is 2. The second kappa shape index (κ2) is 4.59. The van der Waals surface area contributed by atoms with E-state index in [2.05, 4.69) is 54.4 Å². The number of nitrogens with zero attached hydrogens (tertiary/aromatic N) is 1. The summed E-state index contributed by atoms with van der Waals surface area (Å²) in [6.07, 6.45) is 0.616. The number of fused-ring (bicyclic) bond motifs is 2. The fourth-order valence-corrected chi connectivity index (χ4v) is 3.61. The minimum atomic E-state index is 0.187. The number of hydrogen-bond acceptors (Lipinski definition) is 2. The zero-order chi connectivity index (χ0) is 14.4. The predicted molar refractivity (Wildman–Crippen MR) is 83.9 cm³/mol. The van der Waals surface area contributed by atoms with Crippen LogP contribution in [0.4, 0.5) is 0 Å². The second-order valence-corrected chi connectivity index (χ2v) is 5.79. The Kier molecular flexibility index (Phi) is 2.71. The van der Waals surface area contributed by atoms with Crippen molar-refractivity contribution in [2.45, 2.75) is 12.3 Å². The number of benzene rings is 2. The summed E-state index contributed by atoms with van der Waals surface area (Å²) in [6, 6.07) is 18.8. The molecule has 2 nitrogen and oxygen atoms in total. The molecule has 4 rings (SSSR count). The summed E-state index contributed by atoms with van der Waals surface area (Å²) in [4.78, 5) is 14.7. The third-order valence-corrected chi connectivity index (χ3v) is 4.57. The van der Waals surface area contributed by atoms with Crippen LogP contribution in [0.3, 0.4) is 0 Å². The van der Waals surface area contributed by atoms with Gasteiger partial charge in [0.15, 0.2) is 5.78 Å². The molecule has 0 saturated carbocycles. The molecule has 0 spiro atoms. The second-order valence-electron chi connectivity index (χ2n) is 5.79. The normalized spacial score (nSPS) is 20.5. The first-order chi connectivity index (χ1) is 10.3. The lowest BCUT2D eigenvalue weighted by Crippen LogP contribution is -2.29. The molecule has 1 heterocycles. The highest BCUT2D eigenvalue weighted by Crippen LogP contribution is 2.48. The number of Topliss-reactive ketones (excluding diaryl/α,β-unsaturated/α-hetero) is 1. The Balaban J connectivity index is 1.99. The number of rotatable bonds is 1. The van der Waals surface area contributed by atoms with Crippen LogP contribution in [0.5, 0.6) is 0 Å². The average Bonchev–Trinajstić information content (AvgIpc) is 2.88. The molecule has 21 heavy (non-hydrogen) atoms. The largest absolute Gasteiger partial charge is 0.376 e. The fraction of sp³-hybridized carbons (Fsp3) is 0.211. The summed E-state index contributed by atoms with van der Waals surface area (Å²) in [7, 11) is 2.10. The number of hydrogen-bond donors (Lipinski definition) is 0. The van der Waals surface area contributed by atoms with Crippen molar-refractivity contribution in [1.29, 1.82) is 0 Å². The fourth-order valence-electron chi connectivity index (χ4n) is 3.61. The Hall–Kier alpha value is -2.35. The number of ketones is 1. The summed E-state index contributed by atoms with van der Waals surface area (Å²) in [6.45, 7) is 0.814. The van der Waals surface area contributed by atoms with Gasteiger partial charge < -0.3 is 4.90 Å². The van der Waals surface area contributed by atoms with Crippen LogP contribution in [0.25, 0.3) is 5.57 Å². The minimum Gasteiger partial charge on any atom is -0.376 e. The van der Waals surface area contributed by atoms with Crippen molar-refractivity contribution in [3.8, 4) is 0 Å². The van der Waals surface area contributed by atoms with Gasteiger partial charge >= 0.3 is 0 Å². The zero-order valence-corrected chi connectivity index (χ0v) is 12.0. The third-order valence-electron chi connectivity index (χ3n) is 4.57. The van der Waals surface area contributed by atoms with E-state index < -0.39 is 0 Å². The van der Waals surface area contributed by atoms with Crippen LogP contribution in [0, 0.1) is 0 Å². The molecule has 0 saturated heterocycles. The third kappa shape index (κ3) is 1.75. The molecule has 0 fully saturated rings. The Labute approximate surface area is 124 Å². The molecular formula is C19H17NO.